The Balaban J connectivity index is 2.03. The van der Waals surface area contributed by atoms with Crippen molar-refractivity contribution in [2.45, 2.75) is 26.4 Å². The lowest BCUT2D eigenvalue weighted by Gasteiger charge is -2.40. The molecule has 1 aliphatic rings. The van der Waals surface area contributed by atoms with Gasteiger partial charge in [0, 0.05) is 10.4 Å². The number of rotatable bonds is 4. The molecule has 0 bridgehead atoms. The van der Waals surface area contributed by atoms with Gasteiger partial charge in [-0.3, -0.25) is 14.8 Å². The van der Waals surface area contributed by atoms with E-state index in [1.54, 1.807) is 28.9 Å². The van der Waals surface area contributed by atoms with Gasteiger partial charge in [-0.25, -0.2) is 5.48 Å². The number of benzene rings is 1. The topological polar surface area (TPSA) is 81.7 Å². The fraction of sp³-hybridized carbons (Fsp3) is 0.294. The van der Waals surface area contributed by atoms with Gasteiger partial charge in [-0.05, 0) is 35.6 Å². The number of nitrogens with zero attached hydrogens (tertiary/aromatic N) is 1. The predicted molar refractivity (Wildman–Crippen MR) is 93.5 cm³/mol. The van der Waals surface area contributed by atoms with Crippen molar-refractivity contribution in [3.8, 4) is 0 Å². The SMILES string of the molecule is CC(C)[C@H]1C(=O)Nc2cc(C(=O)NO)ccc2N1Cc1cccs1. The monoisotopic (exact) mass is 345 g/mol. The highest BCUT2D eigenvalue weighted by Crippen LogP contribution is 2.36. The zero-order valence-electron chi connectivity index (χ0n) is 13.4. The molecule has 126 valence electrons. The molecule has 0 unspecified atom stereocenters. The van der Waals surface area contributed by atoms with Gasteiger partial charge in [-0.1, -0.05) is 19.9 Å². The average Bonchev–Trinajstić information content (AvgIpc) is 3.06. The maximum absolute atomic E-state index is 12.6. The third kappa shape index (κ3) is 3.00. The van der Waals surface area contributed by atoms with Crippen LogP contribution in [0, 0.1) is 5.92 Å². The van der Waals surface area contributed by atoms with Crippen LogP contribution in [0.25, 0.3) is 0 Å². The summed E-state index contributed by atoms with van der Waals surface area (Å²) >= 11 is 1.65. The molecule has 1 aromatic heterocycles. The summed E-state index contributed by atoms with van der Waals surface area (Å²) in [6.07, 6.45) is 0. The van der Waals surface area contributed by atoms with Crippen molar-refractivity contribution in [2.24, 2.45) is 5.92 Å². The maximum atomic E-state index is 12.6. The number of fused-ring (bicyclic) bond motifs is 1. The number of hydroxylamine groups is 1. The van der Waals surface area contributed by atoms with E-state index in [4.69, 9.17) is 5.21 Å². The van der Waals surface area contributed by atoms with E-state index >= 15 is 0 Å². The molecule has 3 rings (SSSR count). The van der Waals surface area contributed by atoms with E-state index in [-0.39, 0.29) is 23.4 Å². The molecule has 0 radical (unpaired) electrons. The molecule has 2 heterocycles. The molecule has 0 fully saturated rings. The molecule has 1 aromatic carbocycles. The molecule has 1 aliphatic heterocycles. The van der Waals surface area contributed by atoms with Crippen molar-refractivity contribution in [3.05, 3.63) is 46.2 Å². The van der Waals surface area contributed by atoms with E-state index in [0.717, 1.165) is 5.69 Å². The summed E-state index contributed by atoms with van der Waals surface area (Å²) < 4.78 is 0. The van der Waals surface area contributed by atoms with Crippen molar-refractivity contribution in [3.63, 3.8) is 0 Å². The second-order valence-corrected chi connectivity index (χ2v) is 7.09. The second-order valence-electron chi connectivity index (χ2n) is 6.06. The minimum atomic E-state index is -0.608. The average molecular weight is 345 g/mol. The first-order chi connectivity index (χ1) is 11.5. The Morgan fingerprint density at radius 1 is 1.42 bits per heavy atom. The van der Waals surface area contributed by atoms with Gasteiger partial charge in [0.2, 0.25) is 5.91 Å². The number of amides is 2. The van der Waals surface area contributed by atoms with Gasteiger partial charge < -0.3 is 10.2 Å². The first-order valence-electron chi connectivity index (χ1n) is 7.69. The third-order valence-electron chi connectivity index (χ3n) is 4.07. The zero-order valence-corrected chi connectivity index (χ0v) is 14.3. The van der Waals surface area contributed by atoms with Gasteiger partial charge in [0.25, 0.3) is 5.91 Å². The van der Waals surface area contributed by atoms with Crippen LogP contribution in [0.1, 0.15) is 29.1 Å². The highest BCUT2D eigenvalue weighted by atomic mass is 32.1. The lowest BCUT2D eigenvalue weighted by molar-refractivity contribution is -0.118. The van der Waals surface area contributed by atoms with Crippen LogP contribution in [0.15, 0.2) is 35.7 Å². The van der Waals surface area contributed by atoms with Crippen molar-refractivity contribution in [2.75, 3.05) is 10.2 Å². The normalized spacial score (nSPS) is 16.8. The van der Waals surface area contributed by atoms with E-state index in [2.05, 4.69) is 10.2 Å². The Kier molecular flexibility index (Phi) is 4.55. The van der Waals surface area contributed by atoms with E-state index in [1.807, 2.05) is 37.4 Å². The van der Waals surface area contributed by atoms with Gasteiger partial charge in [-0.2, -0.15) is 0 Å². The molecular weight excluding hydrogens is 326 g/mol. The van der Waals surface area contributed by atoms with Gasteiger partial charge in [-0.15, -0.1) is 11.3 Å². The molecule has 1 atom stereocenters. The molecule has 24 heavy (non-hydrogen) atoms. The van der Waals surface area contributed by atoms with Crippen LogP contribution < -0.4 is 15.7 Å². The number of carbonyl (C=O) groups is 2. The van der Waals surface area contributed by atoms with E-state index < -0.39 is 5.91 Å². The van der Waals surface area contributed by atoms with Crippen LogP contribution in [-0.2, 0) is 11.3 Å². The zero-order chi connectivity index (χ0) is 17.3. The first kappa shape index (κ1) is 16.5. The van der Waals surface area contributed by atoms with Crippen LogP contribution in [0.2, 0.25) is 0 Å². The highest BCUT2D eigenvalue weighted by Gasteiger charge is 2.35. The molecule has 2 aromatic rings. The van der Waals surface area contributed by atoms with Gasteiger partial charge >= 0.3 is 0 Å². The number of anilines is 2. The van der Waals surface area contributed by atoms with Gasteiger partial charge in [0.1, 0.15) is 6.04 Å². The van der Waals surface area contributed by atoms with Crippen molar-refractivity contribution >= 4 is 34.5 Å². The number of thiophene rings is 1. The van der Waals surface area contributed by atoms with Crippen LogP contribution in [0.4, 0.5) is 11.4 Å². The van der Waals surface area contributed by atoms with E-state index in [0.29, 0.717) is 12.2 Å². The summed E-state index contributed by atoms with van der Waals surface area (Å²) in [6, 6.07) is 8.78. The van der Waals surface area contributed by atoms with Crippen LogP contribution in [0.5, 0.6) is 0 Å². The Morgan fingerprint density at radius 3 is 2.83 bits per heavy atom. The molecule has 3 N–H and O–H groups in total. The molecule has 0 saturated carbocycles. The number of hydrogen-bond donors (Lipinski definition) is 3. The number of carbonyl (C=O) groups excluding carboxylic acids is 2. The van der Waals surface area contributed by atoms with Crippen LogP contribution in [-0.4, -0.2) is 23.1 Å². The molecule has 6 nitrogen and oxygen atoms in total. The fourth-order valence-electron chi connectivity index (χ4n) is 3.01. The molecular formula is C17H19N3O3S. The predicted octanol–water partition coefficient (Wildman–Crippen LogP) is 2.85. The summed E-state index contributed by atoms with van der Waals surface area (Å²) in [5, 5.41) is 13.7. The Hall–Kier alpha value is -2.38. The minimum absolute atomic E-state index is 0.0874. The summed E-state index contributed by atoms with van der Waals surface area (Å²) in [6.45, 7) is 4.67. The van der Waals surface area contributed by atoms with Crippen molar-refractivity contribution in [1.29, 1.82) is 0 Å². The number of nitrogens with one attached hydrogen (secondary N) is 2. The lowest BCUT2D eigenvalue weighted by atomic mass is 9.96. The lowest BCUT2D eigenvalue weighted by Crippen LogP contribution is -2.50. The second kappa shape index (κ2) is 6.62. The first-order valence-corrected chi connectivity index (χ1v) is 8.57. The molecule has 0 aliphatic carbocycles. The molecule has 0 spiro atoms. The standard InChI is InChI=1S/C17H19N3O3S/c1-10(2)15-17(22)18-13-8-11(16(21)19-23)5-6-14(13)20(15)9-12-4-3-7-24-12/h3-8,10,15,23H,9H2,1-2H3,(H,18,22)(H,19,21)/t15-/m0/s1. The Morgan fingerprint density at radius 2 is 2.21 bits per heavy atom. The number of hydrogen-bond acceptors (Lipinski definition) is 5. The van der Waals surface area contributed by atoms with Gasteiger partial charge in [0.05, 0.1) is 17.9 Å². The summed E-state index contributed by atoms with van der Waals surface area (Å²) in [4.78, 5) is 27.4. The quantitative estimate of drug-likeness (QED) is 0.588. The minimum Gasteiger partial charge on any atom is -0.352 e. The fourth-order valence-corrected chi connectivity index (χ4v) is 3.71. The van der Waals surface area contributed by atoms with Gasteiger partial charge in [0.15, 0.2) is 0 Å². The largest absolute Gasteiger partial charge is 0.352 e. The Bertz CT molecular complexity index is 758. The van der Waals surface area contributed by atoms with E-state index in [9.17, 15) is 9.59 Å². The van der Waals surface area contributed by atoms with Crippen LogP contribution in [0.3, 0.4) is 0 Å². The molecule has 0 saturated heterocycles. The molecule has 7 heteroatoms. The van der Waals surface area contributed by atoms with Crippen LogP contribution >= 0.6 is 11.3 Å². The smallest absolute Gasteiger partial charge is 0.274 e. The van der Waals surface area contributed by atoms with Crippen molar-refractivity contribution in [1.82, 2.24) is 5.48 Å². The van der Waals surface area contributed by atoms with Crippen molar-refractivity contribution < 1.29 is 14.8 Å². The third-order valence-corrected chi connectivity index (χ3v) is 4.93. The summed E-state index contributed by atoms with van der Waals surface area (Å²) in [5.41, 5.74) is 3.35. The highest BCUT2D eigenvalue weighted by molar-refractivity contribution is 7.09. The maximum Gasteiger partial charge on any atom is 0.274 e. The Labute approximate surface area is 144 Å². The summed E-state index contributed by atoms with van der Waals surface area (Å²) in [7, 11) is 0. The molecule has 2 amide bonds. The summed E-state index contributed by atoms with van der Waals surface area (Å²) in [5.74, 6) is -0.558. The van der Waals surface area contributed by atoms with E-state index in [1.165, 1.54) is 4.88 Å².